The van der Waals surface area contributed by atoms with Crippen LogP contribution in [0, 0.1) is 13.8 Å². The maximum Gasteiger partial charge on any atom is 0.120 e. The molecule has 0 radical (unpaired) electrons. The Balaban J connectivity index is 1.79. The Labute approximate surface area is 143 Å². The summed E-state index contributed by atoms with van der Waals surface area (Å²) < 4.78 is 5.94. The molecule has 122 valence electrons. The fourth-order valence-corrected chi connectivity index (χ4v) is 2.81. The summed E-state index contributed by atoms with van der Waals surface area (Å²) in [5.41, 5.74) is 5.16. The average Bonchev–Trinajstić information content (AvgIpc) is 2.60. The molecule has 2 heteroatoms. The van der Waals surface area contributed by atoms with Crippen molar-refractivity contribution < 1.29 is 9.84 Å². The standard InChI is InChI=1S/C22H22O2/c1-16-7-6-8-18(11-16)15-24-21-13-17(2)12-20(14-21)22(23)19-9-4-3-5-10-19/h3-14,22-23H,15H2,1-2H3. The Kier molecular flexibility index (Phi) is 4.97. The van der Waals surface area contributed by atoms with Gasteiger partial charge in [0.25, 0.3) is 0 Å². The SMILES string of the molecule is Cc1cccc(COc2cc(C)cc(C(O)c3ccccc3)c2)c1. The Morgan fingerprint density at radius 1 is 0.792 bits per heavy atom. The van der Waals surface area contributed by atoms with Gasteiger partial charge in [0, 0.05) is 0 Å². The molecule has 0 amide bonds. The van der Waals surface area contributed by atoms with Gasteiger partial charge >= 0.3 is 0 Å². The summed E-state index contributed by atoms with van der Waals surface area (Å²) in [4.78, 5) is 0. The number of aryl methyl sites for hydroxylation is 2. The van der Waals surface area contributed by atoms with Crippen LogP contribution in [0.3, 0.4) is 0 Å². The van der Waals surface area contributed by atoms with Crippen LogP contribution < -0.4 is 4.74 Å². The third-order valence-corrected chi connectivity index (χ3v) is 3.99. The van der Waals surface area contributed by atoms with E-state index >= 15 is 0 Å². The molecule has 0 fully saturated rings. The molecule has 0 heterocycles. The van der Waals surface area contributed by atoms with Crippen molar-refractivity contribution in [3.05, 3.63) is 101 Å². The van der Waals surface area contributed by atoms with E-state index in [1.54, 1.807) is 0 Å². The largest absolute Gasteiger partial charge is 0.489 e. The second-order valence-electron chi connectivity index (χ2n) is 6.17. The van der Waals surface area contributed by atoms with Crippen LogP contribution in [0.25, 0.3) is 0 Å². The van der Waals surface area contributed by atoms with E-state index in [1.165, 1.54) is 5.56 Å². The van der Waals surface area contributed by atoms with Crippen LogP contribution in [-0.2, 0) is 6.61 Å². The van der Waals surface area contributed by atoms with Crippen molar-refractivity contribution in [2.24, 2.45) is 0 Å². The lowest BCUT2D eigenvalue weighted by molar-refractivity contribution is 0.219. The lowest BCUT2D eigenvalue weighted by Gasteiger charge is -2.15. The highest BCUT2D eigenvalue weighted by Crippen LogP contribution is 2.27. The van der Waals surface area contributed by atoms with Crippen LogP contribution in [0.15, 0.2) is 72.8 Å². The monoisotopic (exact) mass is 318 g/mol. The Hall–Kier alpha value is -2.58. The number of aliphatic hydroxyl groups is 1. The highest BCUT2D eigenvalue weighted by Gasteiger charge is 2.12. The molecule has 2 nitrogen and oxygen atoms in total. The fourth-order valence-electron chi connectivity index (χ4n) is 2.81. The molecule has 0 spiro atoms. The molecule has 3 aromatic carbocycles. The zero-order valence-corrected chi connectivity index (χ0v) is 14.1. The van der Waals surface area contributed by atoms with E-state index in [2.05, 4.69) is 25.1 Å². The maximum atomic E-state index is 10.6. The van der Waals surface area contributed by atoms with Gasteiger partial charge in [0.05, 0.1) is 0 Å². The van der Waals surface area contributed by atoms with Gasteiger partial charge in [0.1, 0.15) is 18.5 Å². The Morgan fingerprint density at radius 3 is 2.33 bits per heavy atom. The van der Waals surface area contributed by atoms with Gasteiger partial charge < -0.3 is 9.84 Å². The first-order valence-electron chi connectivity index (χ1n) is 8.15. The first-order valence-corrected chi connectivity index (χ1v) is 8.15. The number of hydrogen-bond acceptors (Lipinski definition) is 2. The Morgan fingerprint density at radius 2 is 1.58 bits per heavy atom. The quantitative estimate of drug-likeness (QED) is 0.720. The van der Waals surface area contributed by atoms with Gasteiger partial charge in [0.2, 0.25) is 0 Å². The molecule has 3 rings (SSSR count). The minimum Gasteiger partial charge on any atom is -0.489 e. The molecule has 3 aromatic rings. The van der Waals surface area contributed by atoms with Crippen molar-refractivity contribution in [1.82, 2.24) is 0 Å². The van der Waals surface area contributed by atoms with Crippen LogP contribution in [0.2, 0.25) is 0 Å². The molecule has 1 unspecified atom stereocenters. The molecular formula is C22H22O2. The molecule has 0 aromatic heterocycles. The lowest BCUT2D eigenvalue weighted by atomic mass is 10.00. The van der Waals surface area contributed by atoms with Crippen LogP contribution in [0.5, 0.6) is 5.75 Å². The average molecular weight is 318 g/mol. The molecular weight excluding hydrogens is 296 g/mol. The van der Waals surface area contributed by atoms with E-state index in [1.807, 2.05) is 61.5 Å². The number of ether oxygens (including phenoxy) is 1. The van der Waals surface area contributed by atoms with Gasteiger partial charge in [-0.1, -0.05) is 66.2 Å². The molecule has 0 saturated carbocycles. The van der Waals surface area contributed by atoms with Gasteiger partial charge in [-0.05, 0) is 48.2 Å². The maximum absolute atomic E-state index is 10.6. The van der Waals surface area contributed by atoms with Crippen LogP contribution in [0.4, 0.5) is 0 Å². The zero-order chi connectivity index (χ0) is 16.9. The third-order valence-electron chi connectivity index (χ3n) is 3.99. The normalized spacial score (nSPS) is 12.0. The predicted molar refractivity (Wildman–Crippen MR) is 97.2 cm³/mol. The van der Waals surface area contributed by atoms with Crippen molar-refractivity contribution in [3.8, 4) is 5.75 Å². The number of hydrogen-bond donors (Lipinski definition) is 1. The second-order valence-corrected chi connectivity index (χ2v) is 6.17. The van der Waals surface area contributed by atoms with E-state index in [9.17, 15) is 5.11 Å². The molecule has 0 saturated heterocycles. The highest BCUT2D eigenvalue weighted by atomic mass is 16.5. The summed E-state index contributed by atoms with van der Waals surface area (Å²) in [7, 11) is 0. The number of benzene rings is 3. The van der Waals surface area contributed by atoms with Crippen molar-refractivity contribution in [2.75, 3.05) is 0 Å². The van der Waals surface area contributed by atoms with Crippen LogP contribution in [0.1, 0.15) is 33.9 Å². The lowest BCUT2D eigenvalue weighted by Crippen LogP contribution is -2.02. The third kappa shape index (κ3) is 4.03. The van der Waals surface area contributed by atoms with Gasteiger partial charge in [-0.2, -0.15) is 0 Å². The molecule has 0 aliphatic rings. The number of aliphatic hydroxyl groups excluding tert-OH is 1. The zero-order valence-electron chi connectivity index (χ0n) is 14.1. The van der Waals surface area contributed by atoms with Crippen molar-refractivity contribution in [1.29, 1.82) is 0 Å². The summed E-state index contributed by atoms with van der Waals surface area (Å²) >= 11 is 0. The smallest absolute Gasteiger partial charge is 0.120 e. The van der Waals surface area contributed by atoms with Crippen molar-refractivity contribution in [3.63, 3.8) is 0 Å². The van der Waals surface area contributed by atoms with Crippen molar-refractivity contribution in [2.45, 2.75) is 26.6 Å². The summed E-state index contributed by atoms with van der Waals surface area (Å²) in [6.07, 6.45) is -0.646. The van der Waals surface area contributed by atoms with E-state index in [0.717, 1.165) is 28.0 Å². The molecule has 0 bridgehead atoms. The summed E-state index contributed by atoms with van der Waals surface area (Å²) in [5.74, 6) is 0.779. The van der Waals surface area contributed by atoms with Gasteiger partial charge in [-0.15, -0.1) is 0 Å². The summed E-state index contributed by atoms with van der Waals surface area (Å²) in [5, 5.41) is 10.6. The van der Waals surface area contributed by atoms with Crippen molar-refractivity contribution >= 4 is 0 Å². The molecule has 24 heavy (non-hydrogen) atoms. The van der Waals surface area contributed by atoms with Gasteiger partial charge in [-0.25, -0.2) is 0 Å². The summed E-state index contributed by atoms with van der Waals surface area (Å²) in [6, 6.07) is 23.9. The minimum atomic E-state index is -0.646. The summed E-state index contributed by atoms with van der Waals surface area (Å²) in [6.45, 7) is 4.61. The second kappa shape index (κ2) is 7.33. The molecule has 1 atom stereocenters. The molecule has 0 aliphatic carbocycles. The van der Waals surface area contributed by atoms with E-state index in [4.69, 9.17) is 4.74 Å². The first kappa shape index (κ1) is 16.3. The van der Waals surface area contributed by atoms with E-state index < -0.39 is 6.10 Å². The minimum absolute atomic E-state index is 0.520. The van der Waals surface area contributed by atoms with Crippen LogP contribution >= 0.6 is 0 Å². The predicted octanol–water partition coefficient (Wildman–Crippen LogP) is 4.96. The highest BCUT2D eigenvalue weighted by molar-refractivity contribution is 5.39. The first-order chi connectivity index (χ1) is 11.6. The van der Waals surface area contributed by atoms with Gasteiger partial charge in [0.15, 0.2) is 0 Å². The van der Waals surface area contributed by atoms with E-state index in [0.29, 0.717) is 6.61 Å². The molecule has 1 N–H and O–H groups in total. The Bertz CT molecular complexity index is 809. The number of rotatable bonds is 5. The van der Waals surface area contributed by atoms with Crippen LogP contribution in [-0.4, -0.2) is 5.11 Å². The fraction of sp³-hybridized carbons (Fsp3) is 0.182. The topological polar surface area (TPSA) is 29.5 Å². The molecule has 0 aliphatic heterocycles. The van der Waals surface area contributed by atoms with Gasteiger partial charge in [-0.3, -0.25) is 0 Å². The van der Waals surface area contributed by atoms with E-state index in [-0.39, 0.29) is 0 Å².